The maximum atomic E-state index is 12.9. The van der Waals surface area contributed by atoms with Gasteiger partial charge in [0.2, 0.25) is 11.8 Å². The number of para-hydroxylation sites is 2. The van der Waals surface area contributed by atoms with E-state index in [0.29, 0.717) is 18.3 Å². The number of hydrogen-bond donors (Lipinski definition) is 1. The average Bonchev–Trinajstić information content (AvgIpc) is 2.98. The number of amidine groups is 1. The van der Waals surface area contributed by atoms with Crippen molar-refractivity contribution in [3.05, 3.63) is 59.7 Å². The number of hydrogen-bond acceptors (Lipinski definition) is 5. The Bertz CT molecular complexity index is 929. The molecule has 2 aromatic carbocycles. The molecule has 0 bridgehead atoms. The second kappa shape index (κ2) is 9.71. The van der Waals surface area contributed by atoms with Crippen LogP contribution in [0.4, 0.5) is 11.4 Å². The molecule has 6 nitrogen and oxygen atoms in total. The van der Waals surface area contributed by atoms with Gasteiger partial charge in [0.15, 0.2) is 5.17 Å². The molecule has 2 aromatic rings. The van der Waals surface area contributed by atoms with Crippen LogP contribution in [0.15, 0.2) is 53.5 Å². The first-order valence-corrected chi connectivity index (χ1v) is 10.3. The highest BCUT2D eigenvalue weighted by Crippen LogP contribution is 2.32. The minimum atomic E-state index is -0.501. The molecule has 1 aliphatic heterocycles. The molecule has 2 amide bonds. The fraction of sp³-hybridized carbons (Fsp3) is 0.318. The Hall–Kier alpha value is -2.64. The Morgan fingerprint density at radius 3 is 2.52 bits per heavy atom. The number of aryl methyl sites for hydroxylation is 2. The van der Waals surface area contributed by atoms with Gasteiger partial charge in [-0.15, -0.1) is 0 Å². The van der Waals surface area contributed by atoms with Crippen LogP contribution >= 0.6 is 11.8 Å². The summed E-state index contributed by atoms with van der Waals surface area (Å²) in [6.07, 6.45) is 0.0914. The molecule has 0 spiro atoms. The zero-order chi connectivity index (χ0) is 20.8. The quantitative estimate of drug-likeness (QED) is 0.750. The summed E-state index contributed by atoms with van der Waals surface area (Å²) in [6, 6.07) is 15.3. The van der Waals surface area contributed by atoms with Gasteiger partial charge in [0, 0.05) is 19.2 Å². The van der Waals surface area contributed by atoms with E-state index in [1.54, 1.807) is 12.0 Å². The van der Waals surface area contributed by atoms with E-state index in [2.05, 4.69) is 5.32 Å². The summed E-state index contributed by atoms with van der Waals surface area (Å²) in [6.45, 7) is 4.72. The standard InChI is InChI=1S/C22H25N3O3S/c1-15-8-4-6-10-17(15)23-20(26)14-19-21(27)25(12-13-28-3)22(29-19)24-18-11-7-5-9-16(18)2/h4-11,19H,12-14H2,1-3H3,(H,23,26)/t19-/m1/s1. The smallest absolute Gasteiger partial charge is 0.242 e. The molecule has 1 saturated heterocycles. The van der Waals surface area contributed by atoms with Crippen molar-refractivity contribution in [1.82, 2.24) is 4.90 Å². The van der Waals surface area contributed by atoms with E-state index in [0.717, 1.165) is 22.5 Å². The molecular weight excluding hydrogens is 386 g/mol. The van der Waals surface area contributed by atoms with E-state index < -0.39 is 5.25 Å². The molecule has 0 unspecified atom stereocenters. The molecule has 1 atom stereocenters. The van der Waals surface area contributed by atoms with E-state index in [-0.39, 0.29) is 18.2 Å². The number of aliphatic imine (C=N–C) groups is 1. The van der Waals surface area contributed by atoms with Crippen LogP contribution in [0.3, 0.4) is 0 Å². The van der Waals surface area contributed by atoms with Crippen molar-refractivity contribution in [2.75, 3.05) is 25.6 Å². The molecule has 3 rings (SSSR count). The van der Waals surface area contributed by atoms with Gasteiger partial charge in [0.05, 0.1) is 18.8 Å². The number of methoxy groups -OCH3 is 1. The number of thioether (sulfide) groups is 1. The first-order valence-electron chi connectivity index (χ1n) is 9.46. The molecule has 7 heteroatoms. The van der Waals surface area contributed by atoms with Gasteiger partial charge in [0.25, 0.3) is 0 Å². The fourth-order valence-electron chi connectivity index (χ4n) is 2.99. The van der Waals surface area contributed by atoms with Crippen LogP contribution in [-0.2, 0) is 14.3 Å². The van der Waals surface area contributed by atoms with Crippen LogP contribution in [-0.4, -0.2) is 47.4 Å². The van der Waals surface area contributed by atoms with Gasteiger partial charge in [0.1, 0.15) is 5.25 Å². The van der Waals surface area contributed by atoms with E-state index in [4.69, 9.17) is 9.73 Å². The maximum absolute atomic E-state index is 12.9. The average molecular weight is 412 g/mol. The largest absolute Gasteiger partial charge is 0.383 e. The van der Waals surface area contributed by atoms with Crippen LogP contribution < -0.4 is 5.32 Å². The van der Waals surface area contributed by atoms with E-state index >= 15 is 0 Å². The number of carbonyl (C=O) groups excluding carboxylic acids is 2. The normalized spacial score (nSPS) is 17.8. The Balaban J connectivity index is 1.76. The molecule has 1 aliphatic rings. The monoisotopic (exact) mass is 411 g/mol. The third-order valence-electron chi connectivity index (χ3n) is 4.66. The number of amides is 2. The lowest BCUT2D eigenvalue weighted by Gasteiger charge is -2.16. The van der Waals surface area contributed by atoms with Gasteiger partial charge < -0.3 is 10.1 Å². The first kappa shape index (κ1) is 21.1. The highest BCUT2D eigenvalue weighted by molar-refractivity contribution is 8.15. The van der Waals surface area contributed by atoms with Crippen molar-refractivity contribution in [2.45, 2.75) is 25.5 Å². The van der Waals surface area contributed by atoms with Gasteiger partial charge in [-0.2, -0.15) is 0 Å². The second-order valence-corrected chi connectivity index (χ2v) is 8.01. The predicted octanol–water partition coefficient (Wildman–Crippen LogP) is 3.91. The number of nitrogens with zero attached hydrogens (tertiary/aromatic N) is 2. The Labute approximate surface area is 175 Å². The molecule has 1 heterocycles. The Morgan fingerprint density at radius 2 is 1.83 bits per heavy atom. The molecule has 1 fully saturated rings. The van der Waals surface area contributed by atoms with Crippen LogP contribution in [0.2, 0.25) is 0 Å². The number of anilines is 1. The summed E-state index contributed by atoms with van der Waals surface area (Å²) in [5.41, 5.74) is 3.59. The first-order chi connectivity index (χ1) is 14.0. The van der Waals surface area contributed by atoms with Crippen LogP contribution in [0.25, 0.3) is 0 Å². The number of benzene rings is 2. The molecule has 29 heavy (non-hydrogen) atoms. The van der Waals surface area contributed by atoms with Crippen molar-refractivity contribution < 1.29 is 14.3 Å². The zero-order valence-corrected chi connectivity index (χ0v) is 17.7. The van der Waals surface area contributed by atoms with E-state index in [1.807, 2.05) is 62.4 Å². The topological polar surface area (TPSA) is 71.0 Å². The number of nitrogens with one attached hydrogen (secondary N) is 1. The molecule has 152 valence electrons. The second-order valence-electron chi connectivity index (χ2n) is 6.84. The Kier molecular flexibility index (Phi) is 7.06. The summed E-state index contributed by atoms with van der Waals surface area (Å²) in [5, 5.41) is 3.01. The summed E-state index contributed by atoms with van der Waals surface area (Å²) in [5.74, 6) is -0.298. The van der Waals surface area contributed by atoms with E-state index in [1.165, 1.54) is 11.8 Å². The summed E-state index contributed by atoms with van der Waals surface area (Å²) in [4.78, 5) is 31.8. The summed E-state index contributed by atoms with van der Waals surface area (Å²) in [7, 11) is 1.60. The minimum absolute atomic E-state index is 0.0914. The van der Waals surface area contributed by atoms with Gasteiger partial charge >= 0.3 is 0 Å². The van der Waals surface area contributed by atoms with Crippen LogP contribution in [0.5, 0.6) is 0 Å². The van der Waals surface area contributed by atoms with Gasteiger partial charge in [-0.1, -0.05) is 48.2 Å². The Morgan fingerprint density at radius 1 is 1.14 bits per heavy atom. The van der Waals surface area contributed by atoms with Crippen molar-refractivity contribution in [1.29, 1.82) is 0 Å². The summed E-state index contributed by atoms with van der Waals surface area (Å²) >= 11 is 1.33. The predicted molar refractivity (Wildman–Crippen MR) is 118 cm³/mol. The number of carbonyl (C=O) groups is 2. The molecule has 0 aliphatic carbocycles. The SMILES string of the molecule is COCCN1C(=O)[C@@H](CC(=O)Nc2ccccc2C)SC1=Nc1ccccc1C. The zero-order valence-electron chi connectivity index (χ0n) is 16.8. The lowest BCUT2D eigenvalue weighted by molar-refractivity contribution is -0.128. The lowest BCUT2D eigenvalue weighted by atomic mass is 10.2. The van der Waals surface area contributed by atoms with Crippen molar-refractivity contribution in [2.24, 2.45) is 4.99 Å². The molecule has 0 radical (unpaired) electrons. The van der Waals surface area contributed by atoms with Crippen LogP contribution in [0.1, 0.15) is 17.5 Å². The fourth-order valence-corrected chi connectivity index (χ4v) is 4.16. The van der Waals surface area contributed by atoms with Gasteiger partial charge in [-0.05, 0) is 37.1 Å². The van der Waals surface area contributed by atoms with Crippen molar-refractivity contribution in [3.8, 4) is 0 Å². The van der Waals surface area contributed by atoms with Gasteiger partial charge in [-0.3, -0.25) is 14.5 Å². The third-order valence-corrected chi connectivity index (χ3v) is 5.84. The number of ether oxygens (including phenoxy) is 1. The van der Waals surface area contributed by atoms with Crippen molar-refractivity contribution >= 4 is 40.1 Å². The highest BCUT2D eigenvalue weighted by atomic mass is 32.2. The lowest BCUT2D eigenvalue weighted by Crippen LogP contribution is -2.35. The maximum Gasteiger partial charge on any atom is 0.242 e. The number of rotatable bonds is 7. The third kappa shape index (κ3) is 5.25. The molecule has 0 saturated carbocycles. The molecular formula is C22H25N3O3S. The van der Waals surface area contributed by atoms with E-state index in [9.17, 15) is 9.59 Å². The van der Waals surface area contributed by atoms with Gasteiger partial charge in [-0.25, -0.2) is 4.99 Å². The van der Waals surface area contributed by atoms with Crippen LogP contribution in [0, 0.1) is 13.8 Å². The summed E-state index contributed by atoms with van der Waals surface area (Å²) < 4.78 is 5.15. The highest BCUT2D eigenvalue weighted by Gasteiger charge is 2.39. The molecule has 0 aromatic heterocycles. The molecule has 1 N–H and O–H groups in total. The van der Waals surface area contributed by atoms with Crippen molar-refractivity contribution in [3.63, 3.8) is 0 Å². The minimum Gasteiger partial charge on any atom is -0.383 e.